The molecule has 4 nitrogen and oxygen atoms in total. The smallest absolute Gasteiger partial charge is 0.228 e. The number of anilines is 1. The van der Waals surface area contributed by atoms with Gasteiger partial charge in [0, 0.05) is 32.2 Å². The lowest BCUT2D eigenvalue weighted by Gasteiger charge is -2.22. The fraction of sp³-hybridized carbons (Fsp3) is 0.333. The number of rotatable bonds is 5. The number of carbonyl (C=O) groups is 2. The number of amides is 2. The molecule has 0 radical (unpaired) electrons. The molecule has 3 rings (SSSR count). The fourth-order valence-corrected chi connectivity index (χ4v) is 3.43. The van der Waals surface area contributed by atoms with Gasteiger partial charge in [0.2, 0.25) is 11.8 Å². The molecule has 2 amide bonds. The standard InChI is InChI=1S/C21H23FN2O2/c1-3-16-6-4-5-7-19(16)24-14-17(12-20(24)25)21(26)23(2)13-15-8-10-18(22)11-9-15/h4-11,17H,3,12-14H2,1-2H3. The molecule has 1 aliphatic heterocycles. The van der Waals surface area contributed by atoms with E-state index in [9.17, 15) is 14.0 Å². The van der Waals surface area contributed by atoms with Crippen molar-refractivity contribution in [1.29, 1.82) is 0 Å². The molecule has 2 aromatic carbocycles. The molecule has 1 heterocycles. The molecule has 0 saturated carbocycles. The van der Waals surface area contributed by atoms with Gasteiger partial charge in [-0.3, -0.25) is 9.59 Å². The number of hydrogen-bond donors (Lipinski definition) is 0. The maximum Gasteiger partial charge on any atom is 0.228 e. The minimum atomic E-state index is -0.349. The van der Waals surface area contributed by atoms with Gasteiger partial charge in [-0.2, -0.15) is 0 Å². The van der Waals surface area contributed by atoms with E-state index < -0.39 is 0 Å². The summed E-state index contributed by atoms with van der Waals surface area (Å²) in [6.07, 6.45) is 1.06. The first-order valence-corrected chi connectivity index (χ1v) is 8.87. The van der Waals surface area contributed by atoms with Gasteiger partial charge in [0.15, 0.2) is 0 Å². The molecule has 0 N–H and O–H groups in total. The van der Waals surface area contributed by atoms with Crippen molar-refractivity contribution >= 4 is 17.5 Å². The van der Waals surface area contributed by atoms with E-state index >= 15 is 0 Å². The first-order valence-electron chi connectivity index (χ1n) is 8.87. The quantitative estimate of drug-likeness (QED) is 0.826. The molecule has 0 spiro atoms. The first-order chi connectivity index (χ1) is 12.5. The van der Waals surface area contributed by atoms with Gasteiger partial charge in [-0.25, -0.2) is 4.39 Å². The number of para-hydroxylation sites is 1. The van der Waals surface area contributed by atoms with Crippen molar-refractivity contribution in [2.45, 2.75) is 26.3 Å². The zero-order valence-electron chi connectivity index (χ0n) is 15.1. The van der Waals surface area contributed by atoms with Crippen LogP contribution in [-0.2, 0) is 22.6 Å². The van der Waals surface area contributed by atoms with Crippen molar-refractivity contribution in [3.8, 4) is 0 Å². The van der Waals surface area contributed by atoms with Gasteiger partial charge in [-0.15, -0.1) is 0 Å². The van der Waals surface area contributed by atoms with E-state index in [1.54, 1.807) is 29.0 Å². The molecular formula is C21H23FN2O2. The van der Waals surface area contributed by atoms with Crippen LogP contribution in [0.25, 0.3) is 0 Å². The van der Waals surface area contributed by atoms with Crippen molar-refractivity contribution in [2.24, 2.45) is 5.92 Å². The van der Waals surface area contributed by atoms with Crippen LogP contribution < -0.4 is 4.90 Å². The maximum absolute atomic E-state index is 13.0. The number of halogens is 1. The predicted molar refractivity (Wildman–Crippen MR) is 99.2 cm³/mol. The zero-order valence-corrected chi connectivity index (χ0v) is 15.1. The number of nitrogens with zero attached hydrogens (tertiary/aromatic N) is 2. The van der Waals surface area contributed by atoms with Crippen molar-refractivity contribution in [2.75, 3.05) is 18.5 Å². The van der Waals surface area contributed by atoms with Crippen LogP contribution in [0.2, 0.25) is 0 Å². The highest BCUT2D eigenvalue weighted by molar-refractivity contribution is 6.00. The van der Waals surface area contributed by atoms with Crippen LogP contribution in [0, 0.1) is 11.7 Å². The highest BCUT2D eigenvalue weighted by Crippen LogP contribution is 2.29. The average molecular weight is 354 g/mol. The van der Waals surface area contributed by atoms with E-state index in [2.05, 4.69) is 6.92 Å². The first kappa shape index (κ1) is 18.1. The lowest BCUT2D eigenvalue weighted by atomic mass is 10.1. The van der Waals surface area contributed by atoms with Crippen molar-refractivity contribution in [3.05, 3.63) is 65.5 Å². The third kappa shape index (κ3) is 3.77. The second kappa shape index (κ2) is 7.68. The Morgan fingerprint density at radius 2 is 1.88 bits per heavy atom. The molecule has 0 aliphatic carbocycles. The SMILES string of the molecule is CCc1ccccc1N1CC(C(=O)N(C)Cc2ccc(F)cc2)CC1=O. The second-order valence-electron chi connectivity index (χ2n) is 6.71. The Bertz CT molecular complexity index is 804. The van der Waals surface area contributed by atoms with Crippen LogP contribution >= 0.6 is 0 Å². The predicted octanol–water partition coefficient (Wildman–Crippen LogP) is 3.40. The van der Waals surface area contributed by atoms with Gasteiger partial charge in [0.25, 0.3) is 0 Å². The van der Waals surface area contributed by atoms with Gasteiger partial charge in [-0.1, -0.05) is 37.3 Å². The fourth-order valence-electron chi connectivity index (χ4n) is 3.43. The summed E-state index contributed by atoms with van der Waals surface area (Å²) in [5.41, 5.74) is 2.87. The molecule has 1 fully saturated rings. The minimum Gasteiger partial charge on any atom is -0.341 e. The summed E-state index contributed by atoms with van der Waals surface area (Å²) in [5.74, 6) is -0.717. The van der Waals surface area contributed by atoms with Crippen LogP contribution in [0.15, 0.2) is 48.5 Å². The largest absolute Gasteiger partial charge is 0.341 e. The zero-order chi connectivity index (χ0) is 18.7. The van der Waals surface area contributed by atoms with Crippen molar-refractivity contribution < 1.29 is 14.0 Å². The molecule has 26 heavy (non-hydrogen) atoms. The topological polar surface area (TPSA) is 40.6 Å². The molecule has 0 aromatic heterocycles. The van der Waals surface area contributed by atoms with E-state index in [4.69, 9.17) is 0 Å². The Hall–Kier alpha value is -2.69. The maximum atomic E-state index is 13.0. The molecule has 1 saturated heterocycles. The Morgan fingerprint density at radius 1 is 1.19 bits per heavy atom. The van der Waals surface area contributed by atoms with E-state index in [0.29, 0.717) is 13.1 Å². The summed E-state index contributed by atoms with van der Waals surface area (Å²) in [5, 5.41) is 0. The van der Waals surface area contributed by atoms with E-state index in [0.717, 1.165) is 23.2 Å². The van der Waals surface area contributed by atoms with Crippen LogP contribution in [0.4, 0.5) is 10.1 Å². The van der Waals surface area contributed by atoms with Gasteiger partial charge >= 0.3 is 0 Å². The number of aryl methyl sites for hydroxylation is 1. The lowest BCUT2D eigenvalue weighted by molar-refractivity contribution is -0.135. The Morgan fingerprint density at radius 3 is 2.58 bits per heavy atom. The molecule has 1 aliphatic rings. The lowest BCUT2D eigenvalue weighted by Crippen LogP contribution is -2.34. The van der Waals surface area contributed by atoms with Crippen LogP contribution in [-0.4, -0.2) is 30.3 Å². The van der Waals surface area contributed by atoms with Gasteiger partial charge in [0.1, 0.15) is 5.82 Å². The molecule has 2 aromatic rings. The van der Waals surface area contributed by atoms with E-state index in [1.807, 2.05) is 24.3 Å². The summed E-state index contributed by atoms with van der Waals surface area (Å²) in [6, 6.07) is 13.9. The Balaban J connectivity index is 1.69. The highest BCUT2D eigenvalue weighted by Gasteiger charge is 2.37. The number of benzene rings is 2. The number of carbonyl (C=O) groups excluding carboxylic acids is 2. The summed E-state index contributed by atoms with van der Waals surface area (Å²) < 4.78 is 13.0. The normalized spacial score (nSPS) is 16.8. The van der Waals surface area contributed by atoms with Gasteiger partial charge in [0.05, 0.1) is 5.92 Å². The van der Waals surface area contributed by atoms with E-state index in [-0.39, 0.29) is 30.0 Å². The third-order valence-corrected chi connectivity index (χ3v) is 4.85. The van der Waals surface area contributed by atoms with Crippen LogP contribution in [0.1, 0.15) is 24.5 Å². The molecule has 5 heteroatoms. The molecular weight excluding hydrogens is 331 g/mol. The summed E-state index contributed by atoms with van der Waals surface area (Å²) in [4.78, 5) is 28.6. The van der Waals surface area contributed by atoms with Crippen LogP contribution in [0.5, 0.6) is 0 Å². The summed E-state index contributed by atoms with van der Waals surface area (Å²) in [7, 11) is 1.72. The highest BCUT2D eigenvalue weighted by atomic mass is 19.1. The Kier molecular flexibility index (Phi) is 5.35. The third-order valence-electron chi connectivity index (χ3n) is 4.85. The minimum absolute atomic E-state index is 0.0144. The summed E-state index contributed by atoms with van der Waals surface area (Å²) in [6.45, 7) is 2.86. The van der Waals surface area contributed by atoms with Crippen molar-refractivity contribution in [1.82, 2.24) is 4.90 Å². The number of hydrogen-bond acceptors (Lipinski definition) is 2. The van der Waals surface area contributed by atoms with Crippen LogP contribution in [0.3, 0.4) is 0 Å². The van der Waals surface area contributed by atoms with Crippen molar-refractivity contribution in [3.63, 3.8) is 0 Å². The molecule has 136 valence electrons. The molecule has 0 bridgehead atoms. The van der Waals surface area contributed by atoms with Gasteiger partial charge < -0.3 is 9.80 Å². The van der Waals surface area contributed by atoms with Gasteiger partial charge in [-0.05, 0) is 35.7 Å². The Labute approximate surface area is 153 Å². The molecule has 1 unspecified atom stereocenters. The monoisotopic (exact) mass is 354 g/mol. The summed E-state index contributed by atoms with van der Waals surface area (Å²) >= 11 is 0. The van der Waals surface area contributed by atoms with E-state index in [1.165, 1.54) is 12.1 Å². The second-order valence-corrected chi connectivity index (χ2v) is 6.71. The molecule has 1 atom stereocenters. The average Bonchev–Trinajstić information content (AvgIpc) is 3.04.